The second-order valence-electron chi connectivity index (χ2n) is 6.06. The van der Waals surface area contributed by atoms with E-state index in [4.69, 9.17) is 4.98 Å². The molecule has 24 heavy (non-hydrogen) atoms. The third kappa shape index (κ3) is 3.62. The number of imidazole rings is 1. The van der Waals surface area contributed by atoms with E-state index in [1.807, 2.05) is 32.0 Å². The lowest BCUT2D eigenvalue weighted by Gasteiger charge is -2.10. The molecule has 1 aromatic heterocycles. The van der Waals surface area contributed by atoms with Crippen LogP contribution in [-0.2, 0) is 4.79 Å². The molecule has 0 atom stereocenters. The van der Waals surface area contributed by atoms with E-state index in [1.165, 1.54) is 17.3 Å². The van der Waals surface area contributed by atoms with Crippen LogP contribution in [0.15, 0.2) is 53.7 Å². The monoisotopic (exact) mass is 339 g/mol. The summed E-state index contributed by atoms with van der Waals surface area (Å²) in [6, 6.07) is 16.5. The predicted octanol–water partition coefficient (Wildman–Crippen LogP) is 3.95. The highest BCUT2D eigenvalue weighted by molar-refractivity contribution is 7.99. The molecule has 0 aliphatic heterocycles. The van der Waals surface area contributed by atoms with Crippen LogP contribution >= 0.6 is 11.8 Å². The molecule has 0 radical (unpaired) electrons. The van der Waals surface area contributed by atoms with Crippen LogP contribution in [0.1, 0.15) is 19.4 Å². The Morgan fingerprint density at radius 3 is 2.58 bits per heavy atom. The molecule has 2 aromatic carbocycles. The summed E-state index contributed by atoms with van der Waals surface area (Å²) in [7, 11) is 0. The number of rotatable bonds is 5. The van der Waals surface area contributed by atoms with Crippen molar-refractivity contribution in [1.82, 2.24) is 14.9 Å². The average Bonchev–Trinajstić information content (AvgIpc) is 2.91. The first kappa shape index (κ1) is 16.6. The zero-order valence-electron chi connectivity index (χ0n) is 14.1. The van der Waals surface area contributed by atoms with Crippen molar-refractivity contribution in [3.05, 3.63) is 54.1 Å². The topological polar surface area (TPSA) is 46.9 Å². The first-order valence-corrected chi connectivity index (χ1v) is 9.00. The second kappa shape index (κ2) is 7.09. The molecular formula is C19H21N3OS. The maximum atomic E-state index is 12.0. The van der Waals surface area contributed by atoms with Gasteiger partial charge in [0.1, 0.15) is 0 Å². The fourth-order valence-corrected chi connectivity index (χ4v) is 3.38. The standard InChI is InChI=1S/C19H21N3OS/c1-13(2)20-18(23)12-24-19-21-16-6-4-5-7-17(16)22(19)15-10-8-14(3)9-11-15/h4-11,13H,12H2,1-3H3,(H,20,23). The summed E-state index contributed by atoms with van der Waals surface area (Å²) < 4.78 is 2.11. The van der Waals surface area contributed by atoms with E-state index >= 15 is 0 Å². The van der Waals surface area contributed by atoms with Gasteiger partial charge in [-0.3, -0.25) is 9.36 Å². The Morgan fingerprint density at radius 2 is 1.88 bits per heavy atom. The van der Waals surface area contributed by atoms with Crippen LogP contribution in [-0.4, -0.2) is 27.3 Å². The van der Waals surface area contributed by atoms with Gasteiger partial charge in [0.25, 0.3) is 0 Å². The molecule has 0 aliphatic rings. The van der Waals surface area contributed by atoms with Crippen molar-refractivity contribution in [2.24, 2.45) is 0 Å². The number of fused-ring (bicyclic) bond motifs is 1. The van der Waals surface area contributed by atoms with Crippen LogP contribution in [0.3, 0.4) is 0 Å². The number of carbonyl (C=O) groups excluding carboxylic acids is 1. The van der Waals surface area contributed by atoms with Crippen molar-refractivity contribution in [1.29, 1.82) is 0 Å². The van der Waals surface area contributed by atoms with E-state index in [0.717, 1.165) is 21.9 Å². The number of aromatic nitrogens is 2. The summed E-state index contributed by atoms with van der Waals surface area (Å²) >= 11 is 1.46. The highest BCUT2D eigenvalue weighted by Crippen LogP contribution is 2.28. The maximum absolute atomic E-state index is 12.0. The third-order valence-corrected chi connectivity index (χ3v) is 4.54. The van der Waals surface area contributed by atoms with Gasteiger partial charge in [0.05, 0.1) is 16.8 Å². The Labute approximate surface area is 146 Å². The van der Waals surface area contributed by atoms with Crippen molar-refractivity contribution in [3.8, 4) is 5.69 Å². The van der Waals surface area contributed by atoms with Gasteiger partial charge in [-0.15, -0.1) is 0 Å². The van der Waals surface area contributed by atoms with Crippen molar-refractivity contribution >= 4 is 28.7 Å². The van der Waals surface area contributed by atoms with Crippen LogP contribution in [0.25, 0.3) is 16.7 Å². The zero-order chi connectivity index (χ0) is 17.1. The minimum absolute atomic E-state index is 0.0255. The molecule has 0 saturated heterocycles. The lowest BCUT2D eigenvalue weighted by Crippen LogP contribution is -2.31. The molecule has 0 spiro atoms. The van der Waals surface area contributed by atoms with Crippen LogP contribution in [0, 0.1) is 6.92 Å². The molecule has 0 aliphatic carbocycles. The molecular weight excluding hydrogens is 318 g/mol. The SMILES string of the molecule is Cc1ccc(-n2c(SCC(=O)NC(C)C)nc3ccccc32)cc1. The number of thioether (sulfide) groups is 1. The first-order valence-electron chi connectivity index (χ1n) is 8.01. The van der Waals surface area contributed by atoms with Crippen LogP contribution in [0.5, 0.6) is 0 Å². The van der Waals surface area contributed by atoms with Crippen molar-refractivity contribution in [3.63, 3.8) is 0 Å². The minimum atomic E-state index is 0.0255. The quantitative estimate of drug-likeness (QED) is 0.716. The maximum Gasteiger partial charge on any atom is 0.230 e. The van der Waals surface area contributed by atoms with Gasteiger partial charge in [0, 0.05) is 11.7 Å². The number of amides is 1. The number of benzene rings is 2. The van der Waals surface area contributed by atoms with E-state index in [1.54, 1.807) is 0 Å². The summed E-state index contributed by atoms with van der Waals surface area (Å²) in [5, 5.41) is 3.75. The van der Waals surface area contributed by atoms with E-state index < -0.39 is 0 Å². The Hall–Kier alpha value is -2.27. The molecule has 1 heterocycles. The lowest BCUT2D eigenvalue weighted by atomic mass is 10.2. The van der Waals surface area contributed by atoms with Gasteiger partial charge in [0.2, 0.25) is 5.91 Å². The number of carbonyl (C=O) groups is 1. The average molecular weight is 339 g/mol. The zero-order valence-corrected chi connectivity index (χ0v) is 14.9. The fourth-order valence-electron chi connectivity index (χ4n) is 2.54. The summed E-state index contributed by atoms with van der Waals surface area (Å²) in [6.07, 6.45) is 0. The van der Waals surface area contributed by atoms with E-state index in [0.29, 0.717) is 5.75 Å². The molecule has 0 unspecified atom stereocenters. The fraction of sp³-hybridized carbons (Fsp3) is 0.263. The molecule has 124 valence electrons. The van der Waals surface area contributed by atoms with E-state index in [-0.39, 0.29) is 11.9 Å². The van der Waals surface area contributed by atoms with Crippen molar-refractivity contribution < 1.29 is 4.79 Å². The first-order chi connectivity index (χ1) is 11.5. The Balaban J connectivity index is 1.96. The smallest absolute Gasteiger partial charge is 0.230 e. The molecule has 1 N–H and O–H groups in total. The van der Waals surface area contributed by atoms with E-state index in [9.17, 15) is 4.79 Å². The second-order valence-corrected chi connectivity index (χ2v) is 7.01. The highest BCUT2D eigenvalue weighted by atomic mass is 32.2. The van der Waals surface area contributed by atoms with Crippen LogP contribution in [0.4, 0.5) is 0 Å². The molecule has 4 nitrogen and oxygen atoms in total. The van der Waals surface area contributed by atoms with Gasteiger partial charge in [-0.2, -0.15) is 0 Å². The molecule has 0 fully saturated rings. The van der Waals surface area contributed by atoms with Gasteiger partial charge in [0.15, 0.2) is 5.16 Å². The Bertz CT molecular complexity index is 853. The van der Waals surface area contributed by atoms with Gasteiger partial charge in [-0.25, -0.2) is 4.98 Å². The summed E-state index contributed by atoms with van der Waals surface area (Å²) in [5.41, 5.74) is 4.26. The number of nitrogens with one attached hydrogen (secondary N) is 1. The highest BCUT2D eigenvalue weighted by Gasteiger charge is 2.14. The number of hydrogen-bond donors (Lipinski definition) is 1. The van der Waals surface area contributed by atoms with Gasteiger partial charge in [-0.1, -0.05) is 41.6 Å². The molecule has 3 rings (SSSR count). The minimum Gasteiger partial charge on any atom is -0.353 e. The largest absolute Gasteiger partial charge is 0.353 e. The van der Waals surface area contributed by atoms with Gasteiger partial charge >= 0.3 is 0 Å². The summed E-state index contributed by atoms with van der Waals surface area (Å²) in [6.45, 7) is 6.00. The van der Waals surface area contributed by atoms with Crippen LogP contribution in [0.2, 0.25) is 0 Å². The Kier molecular flexibility index (Phi) is 4.90. The number of hydrogen-bond acceptors (Lipinski definition) is 3. The summed E-state index contributed by atoms with van der Waals surface area (Å²) in [5.74, 6) is 0.380. The summed E-state index contributed by atoms with van der Waals surface area (Å²) in [4.78, 5) is 16.7. The number of nitrogens with zero attached hydrogens (tertiary/aromatic N) is 2. The lowest BCUT2D eigenvalue weighted by molar-refractivity contribution is -0.119. The van der Waals surface area contributed by atoms with Gasteiger partial charge in [-0.05, 0) is 45.0 Å². The van der Waals surface area contributed by atoms with Crippen LogP contribution < -0.4 is 5.32 Å². The molecule has 0 bridgehead atoms. The Morgan fingerprint density at radius 1 is 1.17 bits per heavy atom. The molecule has 0 saturated carbocycles. The molecule has 1 amide bonds. The number of aryl methyl sites for hydroxylation is 1. The van der Waals surface area contributed by atoms with E-state index in [2.05, 4.69) is 47.1 Å². The number of para-hydroxylation sites is 2. The molecule has 3 aromatic rings. The molecule has 5 heteroatoms. The van der Waals surface area contributed by atoms with Crippen molar-refractivity contribution in [2.75, 3.05) is 5.75 Å². The predicted molar refractivity (Wildman–Crippen MR) is 99.8 cm³/mol. The van der Waals surface area contributed by atoms with Crippen molar-refractivity contribution in [2.45, 2.75) is 32.0 Å². The van der Waals surface area contributed by atoms with Gasteiger partial charge < -0.3 is 5.32 Å². The third-order valence-electron chi connectivity index (χ3n) is 3.60. The normalized spacial score (nSPS) is 11.2.